The summed E-state index contributed by atoms with van der Waals surface area (Å²) < 4.78 is 1.53. The molecule has 1 amide bonds. The van der Waals surface area contributed by atoms with E-state index in [1.54, 1.807) is 23.5 Å². The molecule has 1 aromatic carbocycles. The van der Waals surface area contributed by atoms with Crippen LogP contribution in [-0.2, 0) is 12.8 Å². The molecule has 0 aliphatic heterocycles. The topological polar surface area (TPSA) is 55.1 Å². The first-order valence-electron chi connectivity index (χ1n) is 6.22. The van der Waals surface area contributed by atoms with E-state index in [4.69, 9.17) is 5.73 Å². The van der Waals surface area contributed by atoms with Crippen molar-refractivity contribution in [3.05, 3.63) is 42.5 Å². The van der Waals surface area contributed by atoms with Gasteiger partial charge in [-0.3, -0.25) is 4.79 Å². The number of nitrogen functional groups attached to an aromatic ring is 1. The number of anilines is 2. The Morgan fingerprint density at radius 2 is 1.90 bits per heavy atom. The van der Waals surface area contributed by atoms with Gasteiger partial charge in [0.05, 0.1) is 10.6 Å². The summed E-state index contributed by atoms with van der Waals surface area (Å²) in [6.07, 6.45) is 3.40. The molecule has 6 heteroatoms. The first kappa shape index (κ1) is 14.1. The van der Waals surface area contributed by atoms with Crippen LogP contribution in [0.3, 0.4) is 0 Å². The third kappa shape index (κ3) is 2.64. The Hall–Kier alpha value is -0.850. The number of hydrogen-bond donors (Lipinski definition) is 2. The fourth-order valence-electron chi connectivity index (χ4n) is 2.33. The maximum Gasteiger partial charge on any atom is 0.265 e. The number of benzene rings is 1. The fourth-order valence-corrected chi connectivity index (χ4v) is 4.90. The van der Waals surface area contributed by atoms with Gasteiger partial charge in [-0.25, -0.2) is 0 Å². The van der Waals surface area contributed by atoms with E-state index in [0.717, 1.165) is 26.7 Å². The summed E-state index contributed by atoms with van der Waals surface area (Å²) in [7, 11) is 0. The molecule has 2 aromatic rings. The minimum Gasteiger partial charge on any atom is -0.399 e. The zero-order valence-electron chi connectivity index (χ0n) is 10.5. The van der Waals surface area contributed by atoms with Gasteiger partial charge < -0.3 is 11.1 Å². The number of rotatable bonds is 2. The number of halogens is 2. The number of nitrogens with two attached hydrogens (primary N) is 1. The van der Waals surface area contributed by atoms with E-state index in [1.165, 1.54) is 16.9 Å². The van der Waals surface area contributed by atoms with Gasteiger partial charge in [0.25, 0.3) is 5.91 Å². The Bertz CT molecular complexity index is 652. The number of thiophene rings is 1. The predicted octanol–water partition coefficient (Wildman–Crippen LogP) is 4.60. The minimum atomic E-state index is -0.0735. The summed E-state index contributed by atoms with van der Waals surface area (Å²) in [5.74, 6) is -0.0735. The molecule has 20 heavy (non-hydrogen) atoms. The van der Waals surface area contributed by atoms with Gasteiger partial charge in [-0.15, -0.1) is 11.3 Å². The third-order valence-corrected chi connectivity index (χ3v) is 5.76. The Kier molecular flexibility index (Phi) is 3.88. The van der Waals surface area contributed by atoms with Crippen LogP contribution in [0.5, 0.6) is 0 Å². The molecule has 3 rings (SSSR count). The molecule has 104 valence electrons. The molecule has 0 unspecified atom stereocenters. The second-order valence-electron chi connectivity index (χ2n) is 4.73. The van der Waals surface area contributed by atoms with Crippen molar-refractivity contribution in [2.24, 2.45) is 0 Å². The van der Waals surface area contributed by atoms with E-state index >= 15 is 0 Å². The highest BCUT2D eigenvalue weighted by atomic mass is 79.9. The molecule has 0 saturated heterocycles. The van der Waals surface area contributed by atoms with Crippen molar-refractivity contribution in [3.63, 3.8) is 0 Å². The first-order valence-corrected chi connectivity index (χ1v) is 8.62. The van der Waals surface area contributed by atoms with Crippen molar-refractivity contribution in [1.29, 1.82) is 0 Å². The molecule has 0 radical (unpaired) electrons. The lowest BCUT2D eigenvalue weighted by Crippen LogP contribution is -2.11. The van der Waals surface area contributed by atoms with Gasteiger partial charge in [0.15, 0.2) is 0 Å². The zero-order chi connectivity index (χ0) is 14.3. The second kappa shape index (κ2) is 5.50. The van der Waals surface area contributed by atoms with Crippen molar-refractivity contribution >= 4 is 60.5 Å². The van der Waals surface area contributed by atoms with Crippen molar-refractivity contribution in [3.8, 4) is 0 Å². The number of hydrogen-bond acceptors (Lipinski definition) is 3. The minimum absolute atomic E-state index is 0.0735. The fraction of sp³-hybridized carbons (Fsp3) is 0.214. The Morgan fingerprint density at radius 1 is 1.20 bits per heavy atom. The summed E-state index contributed by atoms with van der Waals surface area (Å²) in [6.45, 7) is 0. The standard InChI is InChI=1S/C14H12Br2N2OS/c15-9-5-8(17)6-10(16)13(9)18-14(19)12-4-7-2-1-3-11(7)20-12/h4-6H,1-3,17H2,(H,18,19). The Balaban J connectivity index is 1.85. The Labute approximate surface area is 137 Å². The van der Waals surface area contributed by atoms with Crippen LogP contribution in [0.1, 0.15) is 26.5 Å². The number of amides is 1. The quantitative estimate of drug-likeness (QED) is 0.704. The van der Waals surface area contributed by atoms with Gasteiger partial charge in [0.1, 0.15) is 0 Å². The monoisotopic (exact) mass is 414 g/mol. The predicted molar refractivity (Wildman–Crippen MR) is 90.6 cm³/mol. The van der Waals surface area contributed by atoms with E-state index in [2.05, 4.69) is 37.2 Å². The Morgan fingerprint density at radius 3 is 2.55 bits per heavy atom. The van der Waals surface area contributed by atoms with Crippen molar-refractivity contribution < 1.29 is 4.79 Å². The summed E-state index contributed by atoms with van der Waals surface area (Å²) in [4.78, 5) is 14.5. The largest absolute Gasteiger partial charge is 0.399 e. The highest BCUT2D eigenvalue weighted by Crippen LogP contribution is 2.35. The summed E-state index contributed by atoms with van der Waals surface area (Å²) in [5, 5.41) is 2.93. The number of fused-ring (bicyclic) bond motifs is 1. The SMILES string of the molecule is Nc1cc(Br)c(NC(=O)c2cc3c(s2)CCC3)c(Br)c1. The van der Waals surface area contributed by atoms with Crippen molar-refractivity contribution in [2.45, 2.75) is 19.3 Å². The molecule has 0 spiro atoms. The molecule has 1 heterocycles. The normalized spacial score (nSPS) is 13.3. The highest BCUT2D eigenvalue weighted by molar-refractivity contribution is 9.11. The van der Waals surface area contributed by atoms with Gasteiger partial charge in [-0.1, -0.05) is 0 Å². The van der Waals surface area contributed by atoms with Crippen LogP contribution in [0.25, 0.3) is 0 Å². The lowest BCUT2D eigenvalue weighted by molar-refractivity contribution is 0.103. The van der Waals surface area contributed by atoms with Crippen LogP contribution in [0, 0.1) is 0 Å². The number of carbonyl (C=O) groups is 1. The molecule has 0 fully saturated rings. The van der Waals surface area contributed by atoms with Gasteiger partial charge in [-0.2, -0.15) is 0 Å². The maximum atomic E-state index is 12.3. The molecule has 1 aliphatic rings. The molecule has 1 aliphatic carbocycles. The van der Waals surface area contributed by atoms with E-state index in [1.807, 2.05) is 6.07 Å². The second-order valence-corrected chi connectivity index (χ2v) is 7.57. The summed E-state index contributed by atoms with van der Waals surface area (Å²) >= 11 is 8.44. The smallest absolute Gasteiger partial charge is 0.265 e. The average molecular weight is 416 g/mol. The highest BCUT2D eigenvalue weighted by Gasteiger charge is 2.19. The van der Waals surface area contributed by atoms with Gasteiger partial charge in [0, 0.05) is 19.5 Å². The lowest BCUT2D eigenvalue weighted by Gasteiger charge is -2.09. The van der Waals surface area contributed by atoms with E-state index in [-0.39, 0.29) is 5.91 Å². The number of nitrogens with one attached hydrogen (secondary N) is 1. The number of aryl methyl sites for hydroxylation is 2. The first-order chi connectivity index (χ1) is 9.54. The summed E-state index contributed by atoms with van der Waals surface area (Å²) in [6, 6.07) is 5.56. The molecule has 3 N–H and O–H groups in total. The molecule has 0 atom stereocenters. The number of carbonyl (C=O) groups excluding carboxylic acids is 1. The van der Waals surface area contributed by atoms with E-state index in [9.17, 15) is 4.79 Å². The molecular formula is C14H12Br2N2OS. The molecular weight excluding hydrogens is 404 g/mol. The summed E-state index contributed by atoms with van der Waals surface area (Å²) in [5.41, 5.74) is 8.42. The van der Waals surface area contributed by atoms with E-state index < -0.39 is 0 Å². The third-order valence-electron chi connectivity index (χ3n) is 3.27. The lowest BCUT2D eigenvalue weighted by atomic mass is 10.2. The maximum absolute atomic E-state index is 12.3. The molecule has 3 nitrogen and oxygen atoms in total. The van der Waals surface area contributed by atoms with Crippen molar-refractivity contribution in [1.82, 2.24) is 0 Å². The van der Waals surface area contributed by atoms with Gasteiger partial charge in [-0.05, 0) is 74.9 Å². The van der Waals surface area contributed by atoms with Crippen LogP contribution in [-0.4, -0.2) is 5.91 Å². The van der Waals surface area contributed by atoms with Crippen LogP contribution >= 0.6 is 43.2 Å². The van der Waals surface area contributed by atoms with Crippen LogP contribution in [0.4, 0.5) is 11.4 Å². The van der Waals surface area contributed by atoms with Gasteiger partial charge >= 0.3 is 0 Å². The molecule has 1 aromatic heterocycles. The molecule has 0 saturated carbocycles. The van der Waals surface area contributed by atoms with Crippen LogP contribution < -0.4 is 11.1 Å². The van der Waals surface area contributed by atoms with Crippen LogP contribution in [0.2, 0.25) is 0 Å². The van der Waals surface area contributed by atoms with Gasteiger partial charge in [0.2, 0.25) is 0 Å². The zero-order valence-corrected chi connectivity index (χ0v) is 14.5. The molecule has 0 bridgehead atoms. The average Bonchev–Trinajstić information content (AvgIpc) is 2.93. The van der Waals surface area contributed by atoms with E-state index in [0.29, 0.717) is 11.4 Å². The van der Waals surface area contributed by atoms with Crippen molar-refractivity contribution in [2.75, 3.05) is 11.1 Å². The van der Waals surface area contributed by atoms with Crippen LogP contribution in [0.15, 0.2) is 27.1 Å².